The third-order valence-corrected chi connectivity index (χ3v) is 4.33. The molecule has 3 aromatic rings. The predicted molar refractivity (Wildman–Crippen MR) is 117 cm³/mol. The summed E-state index contributed by atoms with van der Waals surface area (Å²) in [4.78, 5) is 24.1. The van der Waals surface area contributed by atoms with E-state index < -0.39 is 11.9 Å². The molecule has 0 aliphatic rings. The van der Waals surface area contributed by atoms with Gasteiger partial charge in [-0.25, -0.2) is 9.59 Å². The fraction of sp³-hybridized carbons (Fsp3) is 0.0833. The van der Waals surface area contributed by atoms with Gasteiger partial charge in [0.15, 0.2) is 0 Å². The normalized spacial score (nSPS) is 10.7. The summed E-state index contributed by atoms with van der Waals surface area (Å²) >= 11 is 0. The number of rotatable bonds is 6. The van der Waals surface area contributed by atoms with E-state index in [-0.39, 0.29) is 6.61 Å². The van der Waals surface area contributed by atoms with E-state index in [1.54, 1.807) is 60.7 Å². The largest absolute Gasteiger partial charge is 0.458 e. The first kappa shape index (κ1) is 20.7. The van der Waals surface area contributed by atoms with Crippen LogP contribution in [0.3, 0.4) is 0 Å². The molecule has 3 aromatic carbocycles. The molecule has 0 aromatic heterocycles. The molecule has 152 valence electrons. The highest BCUT2D eigenvalue weighted by molar-refractivity contribution is 5.91. The lowest BCUT2D eigenvalue weighted by atomic mass is 10.1. The van der Waals surface area contributed by atoms with Gasteiger partial charge in [-0.2, -0.15) is 0 Å². The molecule has 0 aliphatic carbocycles. The zero-order chi connectivity index (χ0) is 21.5. The second kappa shape index (κ2) is 9.43. The summed E-state index contributed by atoms with van der Waals surface area (Å²) in [5.74, 6) is -0.469. The minimum absolute atomic E-state index is 0.0546. The van der Waals surface area contributed by atoms with Crippen LogP contribution in [0.1, 0.15) is 27.0 Å². The molecule has 4 N–H and O–H groups in total. The topological polar surface area (TPSA) is 105 Å². The fourth-order valence-electron chi connectivity index (χ4n) is 2.61. The van der Waals surface area contributed by atoms with Crippen LogP contribution in [-0.4, -0.2) is 11.9 Å². The van der Waals surface area contributed by atoms with Gasteiger partial charge in [-0.05, 0) is 55.0 Å². The number of nitrogens with two attached hydrogens (primary N) is 2. The molecule has 0 heterocycles. The van der Waals surface area contributed by atoms with E-state index in [0.29, 0.717) is 28.3 Å². The van der Waals surface area contributed by atoms with Crippen LogP contribution < -0.4 is 16.2 Å². The van der Waals surface area contributed by atoms with Crippen molar-refractivity contribution in [3.63, 3.8) is 0 Å². The quantitative estimate of drug-likeness (QED) is 0.278. The highest BCUT2D eigenvalue weighted by Gasteiger charge is 2.08. The number of hydrogen-bond acceptors (Lipinski definition) is 6. The Kier molecular flexibility index (Phi) is 6.49. The third-order valence-electron chi connectivity index (χ3n) is 4.33. The molecular formula is C24H22N2O4. The first-order valence-corrected chi connectivity index (χ1v) is 9.28. The van der Waals surface area contributed by atoms with E-state index in [1.165, 1.54) is 6.08 Å². The number of ether oxygens (including phenoxy) is 2. The molecule has 0 amide bonds. The lowest BCUT2D eigenvalue weighted by Crippen LogP contribution is -2.08. The number of anilines is 2. The van der Waals surface area contributed by atoms with Gasteiger partial charge < -0.3 is 20.9 Å². The van der Waals surface area contributed by atoms with Crippen LogP contribution in [0, 0.1) is 6.92 Å². The SMILES string of the molecule is Cc1ccc(OC(=O)c2ccc(/C=C/C(=O)OCc3ccc(N)cc3N)cc2)cc1. The molecule has 0 unspecified atom stereocenters. The van der Waals surface area contributed by atoms with Crippen molar-refractivity contribution in [2.24, 2.45) is 0 Å². The lowest BCUT2D eigenvalue weighted by Gasteiger charge is -2.06. The maximum Gasteiger partial charge on any atom is 0.343 e. The summed E-state index contributed by atoms with van der Waals surface area (Å²) < 4.78 is 10.5. The number of aryl methyl sites for hydroxylation is 1. The molecule has 6 heteroatoms. The van der Waals surface area contributed by atoms with Crippen LogP contribution in [0.5, 0.6) is 5.75 Å². The minimum Gasteiger partial charge on any atom is -0.458 e. The van der Waals surface area contributed by atoms with Crippen molar-refractivity contribution in [1.29, 1.82) is 0 Å². The first-order chi connectivity index (χ1) is 14.4. The smallest absolute Gasteiger partial charge is 0.343 e. The van der Waals surface area contributed by atoms with Crippen molar-refractivity contribution in [1.82, 2.24) is 0 Å². The molecule has 0 atom stereocenters. The van der Waals surface area contributed by atoms with Gasteiger partial charge in [0.1, 0.15) is 12.4 Å². The van der Waals surface area contributed by atoms with Gasteiger partial charge in [-0.1, -0.05) is 35.9 Å². The Bertz CT molecular complexity index is 1070. The Hall–Kier alpha value is -4.06. The fourth-order valence-corrected chi connectivity index (χ4v) is 2.61. The maximum absolute atomic E-state index is 12.2. The summed E-state index contributed by atoms with van der Waals surface area (Å²) in [6, 6.07) is 19.0. The summed E-state index contributed by atoms with van der Waals surface area (Å²) in [6.45, 7) is 2.01. The molecule has 3 rings (SSSR count). The molecule has 0 bridgehead atoms. The Morgan fingerprint density at radius 2 is 1.63 bits per heavy atom. The van der Waals surface area contributed by atoms with E-state index in [0.717, 1.165) is 11.1 Å². The molecular weight excluding hydrogens is 380 g/mol. The van der Waals surface area contributed by atoms with Gasteiger partial charge in [0.2, 0.25) is 0 Å². The molecule has 0 fully saturated rings. The Labute approximate surface area is 174 Å². The van der Waals surface area contributed by atoms with Crippen molar-refractivity contribution in [3.05, 3.63) is 95.1 Å². The predicted octanol–water partition coefficient (Wildman–Crippen LogP) is 4.14. The lowest BCUT2D eigenvalue weighted by molar-refractivity contribution is -0.138. The van der Waals surface area contributed by atoms with E-state index >= 15 is 0 Å². The van der Waals surface area contributed by atoms with Crippen LogP contribution in [0.25, 0.3) is 6.08 Å². The maximum atomic E-state index is 12.2. The van der Waals surface area contributed by atoms with Gasteiger partial charge in [0.05, 0.1) is 5.56 Å². The van der Waals surface area contributed by atoms with Crippen molar-refractivity contribution >= 4 is 29.4 Å². The number of carbonyl (C=O) groups is 2. The summed E-state index contributed by atoms with van der Waals surface area (Å²) in [5, 5.41) is 0. The first-order valence-electron chi connectivity index (χ1n) is 9.28. The van der Waals surface area contributed by atoms with Crippen molar-refractivity contribution in [2.75, 3.05) is 11.5 Å². The number of benzene rings is 3. The van der Waals surface area contributed by atoms with Crippen LogP contribution in [0.2, 0.25) is 0 Å². The zero-order valence-corrected chi connectivity index (χ0v) is 16.5. The van der Waals surface area contributed by atoms with Crippen molar-refractivity contribution < 1.29 is 19.1 Å². The summed E-state index contributed by atoms with van der Waals surface area (Å²) in [7, 11) is 0. The van der Waals surface area contributed by atoms with E-state index in [4.69, 9.17) is 20.9 Å². The number of hydrogen-bond donors (Lipinski definition) is 2. The van der Waals surface area contributed by atoms with Gasteiger partial charge in [-0.3, -0.25) is 0 Å². The van der Waals surface area contributed by atoms with Gasteiger partial charge in [-0.15, -0.1) is 0 Å². The van der Waals surface area contributed by atoms with Gasteiger partial charge >= 0.3 is 11.9 Å². The Morgan fingerprint density at radius 3 is 2.30 bits per heavy atom. The standard InChI is InChI=1S/C24H22N2O4/c1-16-2-11-21(12-3-16)30-24(28)18-7-4-17(5-8-18)6-13-23(27)29-15-19-9-10-20(25)14-22(19)26/h2-14H,15,25-26H2,1H3/b13-6+. The Balaban J connectivity index is 1.53. The van der Waals surface area contributed by atoms with Crippen LogP contribution in [-0.2, 0) is 16.1 Å². The molecule has 30 heavy (non-hydrogen) atoms. The number of nitrogen functional groups attached to an aromatic ring is 2. The van der Waals surface area contributed by atoms with Crippen LogP contribution in [0.15, 0.2) is 72.8 Å². The summed E-state index contributed by atoms with van der Waals surface area (Å²) in [6.07, 6.45) is 2.91. The van der Waals surface area contributed by atoms with E-state index in [2.05, 4.69) is 0 Å². The second-order valence-corrected chi connectivity index (χ2v) is 6.72. The summed E-state index contributed by atoms with van der Waals surface area (Å²) in [5.41, 5.74) is 15.4. The van der Waals surface area contributed by atoms with Crippen molar-refractivity contribution in [2.45, 2.75) is 13.5 Å². The molecule has 0 radical (unpaired) electrons. The highest BCUT2D eigenvalue weighted by atomic mass is 16.5. The molecule has 0 spiro atoms. The minimum atomic E-state index is -0.505. The van der Waals surface area contributed by atoms with Crippen LogP contribution in [0.4, 0.5) is 11.4 Å². The number of carbonyl (C=O) groups excluding carboxylic acids is 2. The van der Waals surface area contributed by atoms with E-state index in [9.17, 15) is 9.59 Å². The Morgan fingerprint density at radius 1 is 0.933 bits per heavy atom. The average Bonchev–Trinajstić information content (AvgIpc) is 2.73. The average molecular weight is 402 g/mol. The number of esters is 2. The monoisotopic (exact) mass is 402 g/mol. The molecule has 6 nitrogen and oxygen atoms in total. The van der Waals surface area contributed by atoms with Crippen molar-refractivity contribution in [3.8, 4) is 5.75 Å². The molecule has 0 saturated heterocycles. The van der Waals surface area contributed by atoms with Crippen LogP contribution >= 0.6 is 0 Å². The highest BCUT2D eigenvalue weighted by Crippen LogP contribution is 2.17. The van der Waals surface area contributed by atoms with Gasteiger partial charge in [0, 0.05) is 23.0 Å². The molecule has 0 saturated carbocycles. The zero-order valence-electron chi connectivity index (χ0n) is 16.5. The molecule has 0 aliphatic heterocycles. The second-order valence-electron chi connectivity index (χ2n) is 6.72. The van der Waals surface area contributed by atoms with Gasteiger partial charge in [0.25, 0.3) is 0 Å². The third kappa shape index (κ3) is 5.72. The van der Waals surface area contributed by atoms with E-state index in [1.807, 2.05) is 19.1 Å².